The van der Waals surface area contributed by atoms with E-state index < -0.39 is 16.2 Å². The second-order valence-electron chi connectivity index (χ2n) is 4.76. The fourth-order valence-corrected chi connectivity index (χ4v) is 2.85. The minimum Gasteiger partial charge on any atom is -0.361 e. The van der Waals surface area contributed by atoms with Gasteiger partial charge in [0.25, 0.3) is 0 Å². The van der Waals surface area contributed by atoms with E-state index >= 15 is 0 Å². The van der Waals surface area contributed by atoms with Crippen molar-refractivity contribution in [2.45, 2.75) is 11.1 Å². The Morgan fingerprint density at radius 3 is 2.43 bits per heavy atom. The van der Waals surface area contributed by atoms with Crippen LogP contribution in [0, 0.1) is 0 Å². The molecular weight excluding hydrogens is 291 g/mol. The van der Waals surface area contributed by atoms with E-state index in [2.05, 4.69) is 4.98 Å². The Morgan fingerprint density at radius 2 is 1.76 bits per heavy atom. The number of benzene rings is 2. The van der Waals surface area contributed by atoms with E-state index in [0.717, 1.165) is 10.9 Å². The largest absolute Gasteiger partial charge is 0.361 e. The zero-order chi connectivity index (χ0) is 15.0. The van der Waals surface area contributed by atoms with E-state index in [4.69, 9.17) is 5.14 Å². The zero-order valence-corrected chi connectivity index (χ0v) is 11.8. The van der Waals surface area contributed by atoms with Gasteiger partial charge in [-0.2, -0.15) is 0 Å². The highest BCUT2D eigenvalue weighted by atomic mass is 32.2. The predicted octanol–water partition coefficient (Wildman–Crippen LogP) is 2.87. The molecule has 0 amide bonds. The molecule has 21 heavy (non-hydrogen) atoms. The Labute approximate surface area is 121 Å². The molecule has 0 fully saturated rings. The van der Waals surface area contributed by atoms with Gasteiger partial charge in [-0.3, -0.25) is 0 Å². The van der Waals surface area contributed by atoms with Crippen LogP contribution in [0.4, 0.5) is 4.39 Å². The molecule has 1 heterocycles. The third-order valence-electron chi connectivity index (χ3n) is 3.40. The molecule has 1 atom stereocenters. The number of hydrogen-bond donors (Lipinski definition) is 2. The van der Waals surface area contributed by atoms with Crippen molar-refractivity contribution in [2.24, 2.45) is 5.14 Å². The van der Waals surface area contributed by atoms with Gasteiger partial charge in [0.1, 0.15) is 0 Å². The SMILES string of the molecule is NS(=O)(=O)c1ccc(C(F)c2cccc3[nH]ccc23)cc1. The van der Waals surface area contributed by atoms with Crippen LogP contribution < -0.4 is 5.14 Å². The van der Waals surface area contributed by atoms with Crippen molar-refractivity contribution in [2.75, 3.05) is 0 Å². The summed E-state index contributed by atoms with van der Waals surface area (Å²) in [5.41, 5.74) is 1.78. The van der Waals surface area contributed by atoms with Crippen LogP contribution in [0.2, 0.25) is 0 Å². The number of fused-ring (bicyclic) bond motifs is 1. The summed E-state index contributed by atoms with van der Waals surface area (Å²) in [4.78, 5) is 3.00. The highest BCUT2D eigenvalue weighted by Crippen LogP contribution is 2.31. The average molecular weight is 304 g/mol. The lowest BCUT2D eigenvalue weighted by Gasteiger charge is -2.11. The molecule has 3 rings (SSSR count). The lowest BCUT2D eigenvalue weighted by Crippen LogP contribution is -2.12. The topological polar surface area (TPSA) is 76.0 Å². The summed E-state index contributed by atoms with van der Waals surface area (Å²) < 4.78 is 37.1. The molecule has 0 saturated carbocycles. The summed E-state index contributed by atoms with van der Waals surface area (Å²) >= 11 is 0. The first-order valence-electron chi connectivity index (χ1n) is 6.29. The van der Waals surface area contributed by atoms with Gasteiger partial charge in [-0.15, -0.1) is 0 Å². The maximum Gasteiger partial charge on any atom is 0.238 e. The van der Waals surface area contributed by atoms with Crippen LogP contribution in [-0.4, -0.2) is 13.4 Å². The van der Waals surface area contributed by atoms with E-state index in [9.17, 15) is 12.8 Å². The van der Waals surface area contributed by atoms with Crippen LogP contribution in [0.1, 0.15) is 17.3 Å². The Morgan fingerprint density at radius 1 is 1.05 bits per heavy atom. The molecule has 4 nitrogen and oxygen atoms in total. The van der Waals surface area contributed by atoms with Crippen LogP contribution in [0.3, 0.4) is 0 Å². The highest BCUT2D eigenvalue weighted by molar-refractivity contribution is 7.89. The minimum absolute atomic E-state index is 0.0293. The molecule has 108 valence electrons. The molecule has 0 aliphatic rings. The summed E-state index contributed by atoms with van der Waals surface area (Å²) in [6.07, 6.45) is 0.421. The number of halogens is 1. The molecule has 0 saturated heterocycles. The summed E-state index contributed by atoms with van der Waals surface area (Å²) in [6, 6.07) is 12.7. The van der Waals surface area contributed by atoms with Gasteiger partial charge in [0.2, 0.25) is 10.0 Å². The van der Waals surface area contributed by atoms with Crippen molar-refractivity contribution in [1.29, 1.82) is 0 Å². The number of nitrogens with two attached hydrogens (primary N) is 1. The lowest BCUT2D eigenvalue weighted by atomic mass is 10.00. The molecular formula is C15H13FN2O2S. The van der Waals surface area contributed by atoms with Crippen molar-refractivity contribution in [3.8, 4) is 0 Å². The van der Waals surface area contributed by atoms with Gasteiger partial charge in [-0.25, -0.2) is 17.9 Å². The van der Waals surface area contributed by atoms with Crippen LogP contribution >= 0.6 is 0 Å². The molecule has 0 bridgehead atoms. The van der Waals surface area contributed by atoms with Gasteiger partial charge in [0.05, 0.1) is 4.90 Å². The van der Waals surface area contributed by atoms with Crippen molar-refractivity contribution in [3.05, 3.63) is 65.9 Å². The summed E-state index contributed by atoms with van der Waals surface area (Å²) in [5, 5.41) is 5.83. The second-order valence-corrected chi connectivity index (χ2v) is 6.32. The molecule has 0 aliphatic heterocycles. The minimum atomic E-state index is -3.76. The molecule has 3 aromatic rings. The van der Waals surface area contributed by atoms with E-state index in [1.54, 1.807) is 18.3 Å². The third kappa shape index (κ3) is 2.55. The molecule has 0 spiro atoms. The van der Waals surface area contributed by atoms with Gasteiger partial charge >= 0.3 is 0 Å². The number of nitrogens with one attached hydrogen (secondary N) is 1. The normalized spacial score (nSPS) is 13.4. The molecule has 0 radical (unpaired) electrons. The smallest absolute Gasteiger partial charge is 0.238 e. The highest BCUT2D eigenvalue weighted by Gasteiger charge is 2.17. The number of alkyl halides is 1. The van der Waals surface area contributed by atoms with Crippen LogP contribution in [-0.2, 0) is 10.0 Å². The summed E-state index contributed by atoms with van der Waals surface area (Å²) in [5.74, 6) is 0. The van der Waals surface area contributed by atoms with Crippen molar-refractivity contribution in [1.82, 2.24) is 4.98 Å². The number of H-pyrrole nitrogens is 1. The standard InChI is InChI=1S/C15H13FN2O2S/c16-15(10-4-6-11(7-5-10)21(17,19)20)13-2-1-3-14-12(13)8-9-18-14/h1-9,15,18H,(H2,17,19,20). The summed E-state index contributed by atoms with van der Waals surface area (Å²) in [6.45, 7) is 0. The van der Waals surface area contributed by atoms with E-state index in [-0.39, 0.29) is 4.90 Å². The number of aromatic amines is 1. The molecule has 1 aromatic heterocycles. The zero-order valence-electron chi connectivity index (χ0n) is 11.0. The fourth-order valence-electron chi connectivity index (χ4n) is 2.34. The quantitative estimate of drug-likeness (QED) is 0.780. The molecule has 0 aliphatic carbocycles. The molecule has 3 N–H and O–H groups in total. The molecule has 1 unspecified atom stereocenters. The molecule has 6 heteroatoms. The number of aromatic nitrogens is 1. The predicted molar refractivity (Wildman–Crippen MR) is 79.1 cm³/mol. The maximum atomic E-state index is 14.7. The Kier molecular flexibility index (Phi) is 3.27. The number of hydrogen-bond acceptors (Lipinski definition) is 2. The Balaban J connectivity index is 2.02. The fraction of sp³-hybridized carbons (Fsp3) is 0.0667. The second kappa shape index (κ2) is 4.98. The van der Waals surface area contributed by atoms with Gasteiger partial charge in [0, 0.05) is 17.1 Å². The first-order valence-corrected chi connectivity index (χ1v) is 7.84. The van der Waals surface area contributed by atoms with Crippen molar-refractivity contribution < 1.29 is 12.8 Å². The first kappa shape index (κ1) is 13.8. The van der Waals surface area contributed by atoms with Crippen LogP contribution in [0.25, 0.3) is 10.9 Å². The number of sulfonamides is 1. The van der Waals surface area contributed by atoms with Crippen molar-refractivity contribution in [3.63, 3.8) is 0 Å². The maximum absolute atomic E-state index is 14.7. The Hall–Kier alpha value is -2.18. The van der Waals surface area contributed by atoms with E-state index in [0.29, 0.717) is 11.1 Å². The van der Waals surface area contributed by atoms with Gasteiger partial charge in [0.15, 0.2) is 6.17 Å². The third-order valence-corrected chi connectivity index (χ3v) is 4.33. The number of primary sulfonamides is 1. The van der Waals surface area contributed by atoms with E-state index in [1.165, 1.54) is 24.3 Å². The molecule has 2 aromatic carbocycles. The Bertz CT molecular complexity index is 885. The van der Waals surface area contributed by atoms with Crippen LogP contribution in [0.15, 0.2) is 59.6 Å². The van der Waals surface area contributed by atoms with Crippen LogP contribution in [0.5, 0.6) is 0 Å². The van der Waals surface area contributed by atoms with Gasteiger partial charge < -0.3 is 4.98 Å². The lowest BCUT2D eigenvalue weighted by molar-refractivity contribution is 0.404. The van der Waals surface area contributed by atoms with E-state index in [1.807, 2.05) is 12.1 Å². The first-order chi connectivity index (χ1) is 9.97. The van der Waals surface area contributed by atoms with Gasteiger partial charge in [-0.05, 0) is 35.4 Å². The monoisotopic (exact) mass is 304 g/mol. The number of rotatable bonds is 3. The van der Waals surface area contributed by atoms with Gasteiger partial charge in [-0.1, -0.05) is 24.3 Å². The summed E-state index contributed by atoms with van der Waals surface area (Å²) in [7, 11) is -3.76. The van der Waals surface area contributed by atoms with Crippen molar-refractivity contribution >= 4 is 20.9 Å². The average Bonchev–Trinajstić information content (AvgIpc) is 2.94.